The first-order chi connectivity index (χ1) is 12.8. The molecule has 27 heavy (non-hydrogen) atoms. The van der Waals surface area contributed by atoms with Crippen LogP contribution in [0.3, 0.4) is 0 Å². The van der Waals surface area contributed by atoms with Gasteiger partial charge in [-0.15, -0.1) is 0 Å². The van der Waals surface area contributed by atoms with Crippen LogP contribution in [-0.4, -0.2) is 33.6 Å². The molecule has 1 saturated heterocycles. The monoisotopic (exact) mass is 388 g/mol. The SMILES string of the molecule is Cc1ccc(S(=O)(=O)Nc2cc(C(=O)NC[C@H]3CCCO3)ccc2C)cc1. The van der Waals surface area contributed by atoms with E-state index in [-0.39, 0.29) is 16.9 Å². The second kappa shape index (κ2) is 8.10. The smallest absolute Gasteiger partial charge is 0.261 e. The number of nitrogens with one attached hydrogen (secondary N) is 2. The van der Waals surface area contributed by atoms with E-state index in [1.165, 1.54) is 0 Å². The number of ether oxygens (including phenoxy) is 1. The van der Waals surface area contributed by atoms with Crippen molar-refractivity contribution in [2.45, 2.75) is 37.7 Å². The fourth-order valence-electron chi connectivity index (χ4n) is 2.91. The van der Waals surface area contributed by atoms with E-state index in [2.05, 4.69) is 10.0 Å². The number of benzene rings is 2. The molecule has 2 aromatic rings. The topological polar surface area (TPSA) is 84.5 Å². The van der Waals surface area contributed by atoms with Gasteiger partial charge in [0.15, 0.2) is 0 Å². The van der Waals surface area contributed by atoms with Gasteiger partial charge < -0.3 is 10.1 Å². The minimum Gasteiger partial charge on any atom is -0.376 e. The molecule has 1 heterocycles. The largest absolute Gasteiger partial charge is 0.376 e. The molecular formula is C20H24N2O4S. The molecule has 2 aromatic carbocycles. The summed E-state index contributed by atoms with van der Waals surface area (Å²) in [6, 6.07) is 11.6. The summed E-state index contributed by atoms with van der Waals surface area (Å²) in [4.78, 5) is 12.6. The van der Waals surface area contributed by atoms with E-state index >= 15 is 0 Å². The van der Waals surface area contributed by atoms with Crippen LogP contribution in [0.5, 0.6) is 0 Å². The number of rotatable bonds is 6. The zero-order valence-electron chi connectivity index (χ0n) is 15.5. The third kappa shape index (κ3) is 4.87. The second-order valence-corrected chi connectivity index (χ2v) is 8.48. The molecule has 1 aliphatic heterocycles. The summed E-state index contributed by atoms with van der Waals surface area (Å²) in [5.74, 6) is -0.249. The van der Waals surface area contributed by atoms with Gasteiger partial charge in [0.2, 0.25) is 0 Å². The lowest BCUT2D eigenvalue weighted by Gasteiger charge is -2.14. The fourth-order valence-corrected chi connectivity index (χ4v) is 4.03. The zero-order valence-corrected chi connectivity index (χ0v) is 16.3. The van der Waals surface area contributed by atoms with E-state index in [0.29, 0.717) is 17.8 Å². The lowest BCUT2D eigenvalue weighted by Crippen LogP contribution is -2.31. The van der Waals surface area contributed by atoms with Crippen LogP contribution >= 0.6 is 0 Å². The summed E-state index contributed by atoms with van der Waals surface area (Å²) in [5.41, 5.74) is 2.51. The molecular weight excluding hydrogens is 364 g/mol. The van der Waals surface area contributed by atoms with E-state index in [9.17, 15) is 13.2 Å². The van der Waals surface area contributed by atoms with Crippen molar-refractivity contribution in [3.8, 4) is 0 Å². The van der Waals surface area contributed by atoms with Crippen LogP contribution in [0.1, 0.15) is 34.3 Å². The third-order valence-corrected chi connectivity index (χ3v) is 5.97. The van der Waals surface area contributed by atoms with Crippen molar-refractivity contribution in [1.82, 2.24) is 5.32 Å². The maximum absolute atomic E-state index is 12.6. The summed E-state index contributed by atoms with van der Waals surface area (Å²) in [6.45, 7) is 4.88. The number of aryl methyl sites for hydroxylation is 2. The average molecular weight is 388 g/mol. The Bertz CT molecular complexity index is 917. The Morgan fingerprint density at radius 1 is 1.15 bits per heavy atom. The highest BCUT2D eigenvalue weighted by Gasteiger charge is 2.19. The minimum atomic E-state index is -3.72. The standard InChI is InChI=1S/C20H24N2O4S/c1-14-5-9-18(10-6-14)27(24,25)22-19-12-16(8-7-15(19)2)20(23)21-13-17-4-3-11-26-17/h5-10,12,17,22H,3-4,11,13H2,1-2H3,(H,21,23)/t17-/m1/s1. The van der Waals surface area contributed by atoms with Crippen molar-refractivity contribution in [2.75, 3.05) is 17.9 Å². The molecule has 0 aliphatic carbocycles. The van der Waals surface area contributed by atoms with Crippen molar-refractivity contribution < 1.29 is 17.9 Å². The van der Waals surface area contributed by atoms with Gasteiger partial charge in [0, 0.05) is 18.7 Å². The fraction of sp³-hybridized carbons (Fsp3) is 0.350. The van der Waals surface area contributed by atoms with Crippen molar-refractivity contribution in [3.05, 3.63) is 59.2 Å². The molecule has 0 aromatic heterocycles. The van der Waals surface area contributed by atoms with Crippen LogP contribution in [0.15, 0.2) is 47.4 Å². The Morgan fingerprint density at radius 2 is 1.89 bits per heavy atom. The second-order valence-electron chi connectivity index (χ2n) is 6.79. The minimum absolute atomic E-state index is 0.0545. The predicted molar refractivity (Wildman–Crippen MR) is 104 cm³/mol. The summed E-state index contributed by atoms with van der Waals surface area (Å²) in [6.07, 6.45) is 2.00. The van der Waals surface area contributed by atoms with Gasteiger partial charge in [-0.25, -0.2) is 8.42 Å². The van der Waals surface area contributed by atoms with Crippen LogP contribution in [0, 0.1) is 13.8 Å². The van der Waals surface area contributed by atoms with Gasteiger partial charge in [-0.05, 0) is 56.5 Å². The van der Waals surface area contributed by atoms with E-state index in [4.69, 9.17) is 4.74 Å². The molecule has 1 amide bonds. The molecule has 0 bridgehead atoms. The van der Waals surface area contributed by atoms with E-state index < -0.39 is 10.0 Å². The maximum atomic E-state index is 12.6. The molecule has 3 rings (SSSR count). The van der Waals surface area contributed by atoms with Crippen molar-refractivity contribution in [3.63, 3.8) is 0 Å². The van der Waals surface area contributed by atoms with Gasteiger partial charge in [0.05, 0.1) is 16.7 Å². The summed E-state index contributed by atoms with van der Waals surface area (Å²) >= 11 is 0. The Balaban J connectivity index is 1.74. The first-order valence-corrected chi connectivity index (χ1v) is 10.4. The highest BCUT2D eigenvalue weighted by molar-refractivity contribution is 7.92. The predicted octanol–water partition coefficient (Wildman–Crippen LogP) is 3.01. The molecule has 6 nitrogen and oxygen atoms in total. The first-order valence-electron chi connectivity index (χ1n) is 8.95. The van der Waals surface area contributed by atoms with Crippen molar-refractivity contribution in [2.24, 2.45) is 0 Å². The zero-order chi connectivity index (χ0) is 19.4. The van der Waals surface area contributed by atoms with E-state index in [1.54, 1.807) is 49.4 Å². The van der Waals surface area contributed by atoms with Gasteiger partial charge in [0.1, 0.15) is 0 Å². The Labute approximate surface area is 160 Å². The lowest BCUT2D eigenvalue weighted by molar-refractivity contribution is 0.0858. The van der Waals surface area contributed by atoms with Gasteiger partial charge >= 0.3 is 0 Å². The first kappa shape index (κ1) is 19.4. The maximum Gasteiger partial charge on any atom is 0.261 e. The lowest BCUT2D eigenvalue weighted by atomic mass is 10.1. The van der Waals surface area contributed by atoms with Crippen LogP contribution in [0.25, 0.3) is 0 Å². The highest BCUT2D eigenvalue weighted by Crippen LogP contribution is 2.22. The molecule has 0 spiro atoms. The third-order valence-electron chi connectivity index (χ3n) is 4.59. The van der Waals surface area contributed by atoms with Crippen LogP contribution < -0.4 is 10.0 Å². The summed E-state index contributed by atoms with van der Waals surface area (Å²) in [7, 11) is -3.72. The van der Waals surface area contributed by atoms with Crippen LogP contribution in [-0.2, 0) is 14.8 Å². The quantitative estimate of drug-likeness (QED) is 0.797. The highest BCUT2D eigenvalue weighted by atomic mass is 32.2. The summed E-state index contributed by atoms with van der Waals surface area (Å²) in [5, 5.41) is 2.85. The number of carbonyl (C=O) groups is 1. The molecule has 1 atom stereocenters. The van der Waals surface area contributed by atoms with Crippen LogP contribution in [0.4, 0.5) is 5.69 Å². The Morgan fingerprint density at radius 3 is 2.56 bits per heavy atom. The van der Waals surface area contributed by atoms with Crippen molar-refractivity contribution >= 4 is 21.6 Å². The molecule has 144 valence electrons. The number of amides is 1. The molecule has 0 saturated carbocycles. The molecule has 0 radical (unpaired) electrons. The van der Waals surface area contributed by atoms with Gasteiger partial charge in [0.25, 0.3) is 15.9 Å². The number of hydrogen-bond acceptors (Lipinski definition) is 4. The number of carbonyl (C=O) groups excluding carboxylic acids is 1. The Kier molecular flexibility index (Phi) is 5.82. The molecule has 0 unspecified atom stereocenters. The number of hydrogen-bond donors (Lipinski definition) is 2. The van der Waals surface area contributed by atoms with Gasteiger partial charge in [-0.2, -0.15) is 0 Å². The summed E-state index contributed by atoms with van der Waals surface area (Å²) < 4.78 is 33.3. The normalized spacial score (nSPS) is 16.9. The molecule has 1 aliphatic rings. The van der Waals surface area contributed by atoms with Gasteiger partial charge in [-0.3, -0.25) is 9.52 Å². The molecule has 7 heteroatoms. The number of anilines is 1. The van der Waals surface area contributed by atoms with E-state index in [0.717, 1.165) is 30.6 Å². The average Bonchev–Trinajstić information content (AvgIpc) is 3.15. The van der Waals surface area contributed by atoms with Crippen molar-refractivity contribution in [1.29, 1.82) is 0 Å². The number of sulfonamides is 1. The molecule has 1 fully saturated rings. The van der Waals surface area contributed by atoms with Gasteiger partial charge in [-0.1, -0.05) is 23.8 Å². The molecule has 2 N–H and O–H groups in total. The Hall–Kier alpha value is -2.38. The van der Waals surface area contributed by atoms with Crippen LogP contribution in [0.2, 0.25) is 0 Å². The van der Waals surface area contributed by atoms with E-state index in [1.807, 2.05) is 6.92 Å².